The fourth-order valence-corrected chi connectivity index (χ4v) is 1.44. The van der Waals surface area contributed by atoms with Crippen molar-refractivity contribution in [2.75, 3.05) is 0 Å². The highest BCUT2D eigenvalue weighted by atomic mass is 16.3. The lowest BCUT2D eigenvalue weighted by molar-refractivity contribution is 0.443. The van der Waals surface area contributed by atoms with E-state index in [0.29, 0.717) is 13.1 Å². The van der Waals surface area contributed by atoms with Gasteiger partial charge in [-0.1, -0.05) is 6.07 Å². The summed E-state index contributed by atoms with van der Waals surface area (Å²) in [6.07, 6.45) is 3.29. The number of benzene rings is 1. The van der Waals surface area contributed by atoms with Crippen molar-refractivity contribution in [2.45, 2.75) is 13.1 Å². The van der Waals surface area contributed by atoms with Crippen molar-refractivity contribution in [3.05, 3.63) is 47.9 Å². The monoisotopic (exact) mass is 219 g/mol. The number of phenolic OH excluding ortho intramolecular Hbond substituents is 2. The Morgan fingerprint density at radius 3 is 2.69 bits per heavy atom. The number of aromatic hydroxyl groups is 2. The molecule has 0 aliphatic rings. The largest absolute Gasteiger partial charge is 0.508 e. The van der Waals surface area contributed by atoms with Crippen molar-refractivity contribution in [3.63, 3.8) is 0 Å². The van der Waals surface area contributed by atoms with Crippen LogP contribution in [0.3, 0.4) is 0 Å². The normalized spacial score (nSPS) is 10.5. The first-order chi connectivity index (χ1) is 7.75. The van der Waals surface area contributed by atoms with Crippen molar-refractivity contribution < 1.29 is 14.6 Å². The summed E-state index contributed by atoms with van der Waals surface area (Å²) in [5, 5.41) is 21.8. The van der Waals surface area contributed by atoms with Crippen LogP contribution in [0.4, 0.5) is 0 Å². The number of furan rings is 1. The maximum atomic E-state index is 9.53. The van der Waals surface area contributed by atoms with Crippen LogP contribution in [-0.2, 0) is 13.1 Å². The summed E-state index contributed by atoms with van der Waals surface area (Å²) in [4.78, 5) is 0. The molecule has 0 amide bonds. The van der Waals surface area contributed by atoms with Gasteiger partial charge in [-0.15, -0.1) is 0 Å². The quantitative estimate of drug-likeness (QED) is 0.735. The van der Waals surface area contributed by atoms with E-state index in [4.69, 9.17) is 9.52 Å². The Kier molecular flexibility index (Phi) is 3.12. The Bertz CT molecular complexity index is 451. The van der Waals surface area contributed by atoms with Crippen LogP contribution in [0.15, 0.2) is 41.2 Å². The first kappa shape index (κ1) is 10.6. The minimum absolute atomic E-state index is 0.0658. The number of hydrogen-bond acceptors (Lipinski definition) is 4. The molecular weight excluding hydrogens is 206 g/mol. The summed E-state index contributed by atoms with van der Waals surface area (Å²) in [7, 11) is 0. The van der Waals surface area contributed by atoms with Crippen molar-refractivity contribution >= 4 is 0 Å². The third-order valence-corrected chi connectivity index (χ3v) is 2.29. The predicted octanol–water partition coefficient (Wildman–Crippen LogP) is 1.98. The molecule has 1 aromatic heterocycles. The molecule has 0 spiro atoms. The summed E-state index contributed by atoms with van der Waals surface area (Å²) >= 11 is 0. The molecule has 2 aromatic rings. The van der Waals surface area contributed by atoms with Gasteiger partial charge in [0.1, 0.15) is 11.5 Å². The Labute approximate surface area is 93.2 Å². The van der Waals surface area contributed by atoms with Gasteiger partial charge in [-0.05, 0) is 12.1 Å². The smallest absolute Gasteiger partial charge is 0.123 e. The lowest BCUT2D eigenvalue weighted by atomic mass is 10.2. The van der Waals surface area contributed by atoms with Gasteiger partial charge in [0.15, 0.2) is 0 Å². The number of rotatable bonds is 4. The van der Waals surface area contributed by atoms with Gasteiger partial charge < -0.3 is 19.9 Å². The fraction of sp³-hybridized carbons (Fsp3) is 0.167. The molecule has 0 atom stereocenters. The second-order valence-electron chi connectivity index (χ2n) is 3.55. The van der Waals surface area contributed by atoms with E-state index in [1.54, 1.807) is 24.7 Å². The highest BCUT2D eigenvalue weighted by molar-refractivity contribution is 5.38. The second-order valence-corrected chi connectivity index (χ2v) is 3.55. The van der Waals surface area contributed by atoms with Gasteiger partial charge in [-0.3, -0.25) is 0 Å². The van der Waals surface area contributed by atoms with Gasteiger partial charge in [-0.2, -0.15) is 0 Å². The maximum Gasteiger partial charge on any atom is 0.123 e. The summed E-state index contributed by atoms with van der Waals surface area (Å²) in [5.74, 6) is 0.163. The molecule has 0 saturated heterocycles. The fourth-order valence-electron chi connectivity index (χ4n) is 1.44. The Hall–Kier alpha value is -1.94. The van der Waals surface area contributed by atoms with Crippen LogP contribution in [0.2, 0.25) is 0 Å². The Morgan fingerprint density at radius 1 is 1.12 bits per heavy atom. The number of phenols is 2. The van der Waals surface area contributed by atoms with Gasteiger partial charge in [0, 0.05) is 30.3 Å². The molecule has 4 nitrogen and oxygen atoms in total. The van der Waals surface area contributed by atoms with Gasteiger partial charge in [-0.25, -0.2) is 0 Å². The standard InChI is InChI=1S/C12H13NO3/c14-11-2-1-10(12(15)5-11)7-13-6-9-3-4-16-8-9/h1-5,8,13-15H,6-7H2. The topological polar surface area (TPSA) is 65.6 Å². The van der Waals surface area contributed by atoms with E-state index in [9.17, 15) is 5.11 Å². The van der Waals surface area contributed by atoms with Crippen LogP contribution in [-0.4, -0.2) is 10.2 Å². The molecule has 2 rings (SSSR count). The molecule has 0 fully saturated rings. The summed E-state index contributed by atoms with van der Waals surface area (Å²) in [6, 6.07) is 6.44. The molecule has 0 bridgehead atoms. The van der Waals surface area contributed by atoms with Crippen LogP contribution < -0.4 is 5.32 Å². The summed E-state index contributed by atoms with van der Waals surface area (Å²) in [6.45, 7) is 1.22. The van der Waals surface area contributed by atoms with Crippen LogP contribution in [0.25, 0.3) is 0 Å². The zero-order chi connectivity index (χ0) is 11.4. The second kappa shape index (κ2) is 4.72. The zero-order valence-electron chi connectivity index (χ0n) is 8.68. The first-order valence-electron chi connectivity index (χ1n) is 4.98. The SMILES string of the molecule is Oc1ccc(CNCc2ccoc2)c(O)c1. The van der Waals surface area contributed by atoms with E-state index in [1.165, 1.54) is 6.07 Å². The Morgan fingerprint density at radius 2 is 2.00 bits per heavy atom. The first-order valence-corrected chi connectivity index (χ1v) is 4.98. The zero-order valence-corrected chi connectivity index (χ0v) is 8.68. The average molecular weight is 219 g/mol. The molecule has 1 heterocycles. The van der Waals surface area contributed by atoms with Crippen LogP contribution >= 0.6 is 0 Å². The number of nitrogens with one attached hydrogen (secondary N) is 1. The van der Waals surface area contributed by atoms with Crippen molar-refractivity contribution in [3.8, 4) is 11.5 Å². The van der Waals surface area contributed by atoms with Crippen molar-refractivity contribution in [1.82, 2.24) is 5.32 Å². The third-order valence-electron chi connectivity index (χ3n) is 2.29. The van der Waals surface area contributed by atoms with Crippen molar-refractivity contribution in [1.29, 1.82) is 0 Å². The molecule has 0 unspecified atom stereocenters. The van der Waals surface area contributed by atoms with Crippen LogP contribution in [0, 0.1) is 0 Å². The maximum absolute atomic E-state index is 9.53. The van der Waals surface area contributed by atoms with Gasteiger partial charge in [0.2, 0.25) is 0 Å². The molecule has 84 valence electrons. The van der Waals surface area contributed by atoms with E-state index in [1.807, 2.05) is 6.07 Å². The van der Waals surface area contributed by atoms with E-state index in [-0.39, 0.29) is 11.5 Å². The van der Waals surface area contributed by atoms with E-state index in [0.717, 1.165) is 11.1 Å². The minimum atomic E-state index is 0.0658. The highest BCUT2D eigenvalue weighted by Gasteiger charge is 2.02. The molecule has 0 aliphatic heterocycles. The Balaban J connectivity index is 1.90. The molecule has 4 heteroatoms. The molecule has 16 heavy (non-hydrogen) atoms. The third kappa shape index (κ3) is 2.55. The minimum Gasteiger partial charge on any atom is -0.508 e. The van der Waals surface area contributed by atoms with E-state index in [2.05, 4.69) is 5.32 Å². The molecule has 1 aromatic carbocycles. The van der Waals surface area contributed by atoms with Gasteiger partial charge in [0.05, 0.1) is 12.5 Å². The van der Waals surface area contributed by atoms with Gasteiger partial charge >= 0.3 is 0 Å². The van der Waals surface area contributed by atoms with Crippen LogP contribution in [0.1, 0.15) is 11.1 Å². The molecule has 0 saturated carbocycles. The van der Waals surface area contributed by atoms with Crippen molar-refractivity contribution in [2.24, 2.45) is 0 Å². The van der Waals surface area contributed by atoms with Gasteiger partial charge in [0.25, 0.3) is 0 Å². The molecule has 3 N–H and O–H groups in total. The molecule has 0 aliphatic carbocycles. The predicted molar refractivity (Wildman–Crippen MR) is 59.0 cm³/mol. The number of hydrogen-bond donors (Lipinski definition) is 3. The lowest BCUT2D eigenvalue weighted by Gasteiger charge is -2.06. The molecular formula is C12H13NO3. The summed E-state index contributed by atoms with van der Waals surface area (Å²) < 4.78 is 4.93. The van der Waals surface area contributed by atoms with E-state index < -0.39 is 0 Å². The molecule has 0 radical (unpaired) electrons. The summed E-state index contributed by atoms with van der Waals surface area (Å²) in [5.41, 5.74) is 1.81. The highest BCUT2D eigenvalue weighted by Crippen LogP contribution is 2.22. The van der Waals surface area contributed by atoms with Crippen LogP contribution in [0.5, 0.6) is 11.5 Å². The van der Waals surface area contributed by atoms with E-state index >= 15 is 0 Å². The lowest BCUT2D eigenvalue weighted by Crippen LogP contribution is -2.12. The average Bonchev–Trinajstić information content (AvgIpc) is 2.74.